The van der Waals surface area contributed by atoms with Gasteiger partial charge in [0, 0.05) is 19.0 Å². The molecule has 0 bridgehead atoms. The molecule has 2 heterocycles. The second-order valence-electron chi connectivity index (χ2n) is 7.10. The summed E-state index contributed by atoms with van der Waals surface area (Å²) in [6.45, 7) is 2.34. The van der Waals surface area contributed by atoms with E-state index in [2.05, 4.69) is 23.5 Å². The molecule has 1 aliphatic rings. The van der Waals surface area contributed by atoms with Crippen LogP contribution in [0.4, 0.5) is 0 Å². The molecule has 1 aromatic heterocycles. The number of amides is 1. The maximum Gasteiger partial charge on any atom is 0.223 e. The van der Waals surface area contributed by atoms with E-state index in [0.717, 1.165) is 42.2 Å². The molecule has 0 saturated carbocycles. The molecule has 0 unspecified atom stereocenters. The van der Waals surface area contributed by atoms with E-state index < -0.39 is 0 Å². The summed E-state index contributed by atoms with van der Waals surface area (Å²) in [6.07, 6.45) is 2.55. The van der Waals surface area contributed by atoms with Gasteiger partial charge in [0.2, 0.25) is 5.91 Å². The second kappa shape index (κ2) is 8.71. The van der Waals surface area contributed by atoms with Crippen molar-refractivity contribution < 1.29 is 9.53 Å². The standard InChI is InChI=1S/C22H25N3O2S/c1-27-18-9-6-16(7-10-18)14-23-13-12-17-8-11-22(26)25(17)15-21-24-19-4-2-3-5-20(19)28-21/h2-7,9-10,17,23H,8,11-15H2,1H3/t17-/m1/s1. The molecule has 2 aromatic carbocycles. The number of nitrogens with zero attached hydrogens (tertiary/aromatic N) is 2. The maximum atomic E-state index is 12.4. The van der Waals surface area contributed by atoms with Gasteiger partial charge in [-0.3, -0.25) is 4.79 Å². The first-order valence-electron chi connectivity index (χ1n) is 9.70. The van der Waals surface area contributed by atoms with Crippen LogP contribution in [-0.2, 0) is 17.9 Å². The summed E-state index contributed by atoms with van der Waals surface area (Å²) >= 11 is 1.69. The lowest BCUT2D eigenvalue weighted by Crippen LogP contribution is -2.34. The van der Waals surface area contributed by atoms with Gasteiger partial charge >= 0.3 is 0 Å². The first-order chi connectivity index (χ1) is 13.7. The zero-order valence-electron chi connectivity index (χ0n) is 16.1. The van der Waals surface area contributed by atoms with Gasteiger partial charge in [-0.05, 0) is 49.2 Å². The Bertz CT molecular complexity index is 905. The molecule has 6 heteroatoms. The first-order valence-corrected chi connectivity index (χ1v) is 10.5. The van der Waals surface area contributed by atoms with Crippen molar-refractivity contribution in [3.63, 3.8) is 0 Å². The molecule has 1 aliphatic heterocycles. The van der Waals surface area contributed by atoms with Gasteiger partial charge in [-0.15, -0.1) is 11.3 Å². The van der Waals surface area contributed by atoms with Crippen LogP contribution in [0.1, 0.15) is 29.8 Å². The average molecular weight is 396 g/mol. The highest BCUT2D eigenvalue weighted by Crippen LogP contribution is 2.27. The largest absolute Gasteiger partial charge is 0.497 e. The zero-order valence-corrected chi connectivity index (χ0v) is 16.9. The molecular weight excluding hydrogens is 370 g/mol. The smallest absolute Gasteiger partial charge is 0.223 e. The normalized spacial score (nSPS) is 16.8. The number of rotatable bonds is 8. The first kappa shape index (κ1) is 18.9. The van der Waals surface area contributed by atoms with Gasteiger partial charge in [-0.2, -0.15) is 0 Å². The SMILES string of the molecule is COc1ccc(CNCC[C@H]2CCC(=O)N2Cc2nc3ccccc3s2)cc1. The molecule has 1 fully saturated rings. The van der Waals surface area contributed by atoms with Crippen molar-refractivity contribution in [1.82, 2.24) is 15.2 Å². The summed E-state index contributed by atoms with van der Waals surface area (Å²) in [5, 5.41) is 4.52. The Labute approximate surface area is 169 Å². The van der Waals surface area contributed by atoms with Crippen molar-refractivity contribution in [2.45, 2.75) is 38.4 Å². The van der Waals surface area contributed by atoms with Gasteiger partial charge in [0.15, 0.2) is 0 Å². The number of carbonyl (C=O) groups is 1. The highest BCUT2D eigenvalue weighted by atomic mass is 32.1. The minimum absolute atomic E-state index is 0.249. The number of hydrogen-bond acceptors (Lipinski definition) is 5. The van der Waals surface area contributed by atoms with E-state index in [9.17, 15) is 4.79 Å². The van der Waals surface area contributed by atoms with Crippen LogP contribution in [0.3, 0.4) is 0 Å². The average Bonchev–Trinajstić information content (AvgIpc) is 3.29. The van der Waals surface area contributed by atoms with Crippen LogP contribution in [0.25, 0.3) is 10.2 Å². The van der Waals surface area contributed by atoms with E-state index in [1.165, 1.54) is 10.3 Å². The molecule has 5 nitrogen and oxygen atoms in total. The molecule has 1 amide bonds. The van der Waals surface area contributed by atoms with Crippen LogP contribution in [0.15, 0.2) is 48.5 Å². The van der Waals surface area contributed by atoms with Gasteiger partial charge in [0.05, 0.1) is 23.9 Å². The number of likely N-dealkylation sites (tertiary alicyclic amines) is 1. The number of para-hydroxylation sites is 1. The van der Waals surface area contributed by atoms with E-state index in [1.807, 2.05) is 35.2 Å². The number of nitrogens with one attached hydrogen (secondary N) is 1. The van der Waals surface area contributed by atoms with Crippen molar-refractivity contribution in [2.75, 3.05) is 13.7 Å². The van der Waals surface area contributed by atoms with Crippen LogP contribution in [0, 0.1) is 0 Å². The van der Waals surface area contributed by atoms with E-state index >= 15 is 0 Å². The third-order valence-electron chi connectivity index (χ3n) is 5.24. The lowest BCUT2D eigenvalue weighted by Gasteiger charge is -2.24. The maximum absolute atomic E-state index is 12.4. The number of ether oxygens (including phenoxy) is 1. The van der Waals surface area contributed by atoms with Gasteiger partial charge in [0.25, 0.3) is 0 Å². The Balaban J connectivity index is 1.30. The predicted molar refractivity (Wildman–Crippen MR) is 113 cm³/mol. The van der Waals surface area contributed by atoms with Crippen molar-refractivity contribution in [1.29, 1.82) is 0 Å². The summed E-state index contributed by atoms with van der Waals surface area (Å²) in [7, 11) is 1.68. The van der Waals surface area contributed by atoms with Crippen LogP contribution < -0.4 is 10.1 Å². The highest BCUT2D eigenvalue weighted by Gasteiger charge is 2.31. The summed E-state index contributed by atoms with van der Waals surface area (Å²) in [4.78, 5) is 19.1. The fourth-order valence-electron chi connectivity index (χ4n) is 3.69. The quantitative estimate of drug-likeness (QED) is 0.586. The number of aromatic nitrogens is 1. The van der Waals surface area contributed by atoms with Crippen molar-refractivity contribution >= 4 is 27.5 Å². The summed E-state index contributed by atoms with van der Waals surface area (Å²) in [6, 6.07) is 16.5. The second-order valence-corrected chi connectivity index (χ2v) is 8.22. The van der Waals surface area contributed by atoms with E-state index in [4.69, 9.17) is 9.72 Å². The Morgan fingerprint density at radius 3 is 2.82 bits per heavy atom. The van der Waals surface area contributed by atoms with Crippen molar-refractivity contribution in [3.05, 3.63) is 59.1 Å². The van der Waals surface area contributed by atoms with E-state index in [-0.39, 0.29) is 5.91 Å². The molecular formula is C22H25N3O2S. The van der Waals surface area contributed by atoms with Gasteiger partial charge in [-0.25, -0.2) is 4.98 Å². The third-order valence-corrected chi connectivity index (χ3v) is 6.26. The number of hydrogen-bond donors (Lipinski definition) is 1. The lowest BCUT2D eigenvalue weighted by molar-refractivity contribution is -0.129. The number of thiazole rings is 1. The number of carbonyl (C=O) groups excluding carboxylic acids is 1. The predicted octanol–water partition coefficient (Wildman–Crippen LogP) is 3.98. The molecule has 0 aliphatic carbocycles. The molecule has 1 N–H and O–H groups in total. The Morgan fingerprint density at radius 2 is 2.04 bits per heavy atom. The lowest BCUT2D eigenvalue weighted by atomic mass is 10.1. The minimum atomic E-state index is 0.249. The Morgan fingerprint density at radius 1 is 1.21 bits per heavy atom. The zero-order chi connectivity index (χ0) is 19.3. The topological polar surface area (TPSA) is 54.5 Å². The van der Waals surface area contributed by atoms with Crippen molar-refractivity contribution in [3.8, 4) is 5.75 Å². The fraction of sp³-hybridized carbons (Fsp3) is 0.364. The molecule has 28 heavy (non-hydrogen) atoms. The molecule has 3 aromatic rings. The van der Waals surface area contributed by atoms with Gasteiger partial charge in [-0.1, -0.05) is 24.3 Å². The molecule has 4 rings (SSSR count). The molecule has 1 saturated heterocycles. The van der Waals surface area contributed by atoms with Crippen LogP contribution >= 0.6 is 11.3 Å². The van der Waals surface area contributed by atoms with Crippen molar-refractivity contribution in [2.24, 2.45) is 0 Å². The van der Waals surface area contributed by atoms with Crippen LogP contribution in [0.5, 0.6) is 5.75 Å². The number of methoxy groups -OCH3 is 1. The van der Waals surface area contributed by atoms with Gasteiger partial charge < -0.3 is 15.0 Å². The van der Waals surface area contributed by atoms with E-state index in [0.29, 0.717) is 19.0 Å². The van der Waals surface area contributed by atoms with Crippen LogP contribution in [0.2, 0.25) is 0 Å². The summed E-state index contributed by atoms with van der Waals surface area (Å²) < 4.78 is 6.37. The Hall–Kier alpha value is -2.44. The number of benzene rings is 2. The fourth-order valence-corrected chi connectivity index (χ4v) is 4.66. The van der Waals surface area contributed by atoms with Gasteiger partial charge in [0.1, 0.15) is 10.8 Å². The molecule has 0 spiro atoms. The van der Waals surface area contributed by atoms with Crippen LogP contribution in [-0.4, -0.2) is 35.5 Å². The monoisotopic (exact) mass is 395 g/mol. The molecule has 146 valence electrons. The Kier molecular flexibility index (Phi) is 5.88. The number of fused-ring (bicyclic) bond motifs is 1. The molecule has 0 radical (unpaired) electrons. The van der Waals surface area contributed by atoms with E-state index in [1.54, 1.807) is 18.4 Å². The highest BCUT2D eigenvalue weighted by molar-refractivity contribution is 7.18. The minimum Gasteiger partial charge on any atom is -0.497 e. The molecule has 1 atom stereocenters. The summed E-state index contributed by atoms with van der Waals surface area (Å²) in [5.41, 5.74) is 2.25. The summed E-state index contributed by atoms with van der Waals surface area (Å²) in [5.74, 6) is 1.12. The third kappa shape index (κ3) is 4.34.